The molecule has 1 aromatic heterocycles. The standard InChI is InChI=1S/C11H12FN3O/c1-7-2-3-8(5-12)4-9(7)11-14-10(6-13)16-15-11/h2-4H,5-6,13H2,1H3. The highest BCUT2D eigenvalue weighted by Crippen LogP contribution is 2.22. The molecule has 0 unspecified atom stereocenters. The van der Waals surface area contributed by atoms with Crippen molar-refractivity contribution in [1.82, 2.24) is 10.1 Å². The number of aromatic nitrogens is 2. The van der Waals surface area contributed by atoms with E-state index in [4.69, 9.17) is 10.3 Å². The zero-order valence-electron chi connectivity index (χ0n) is 8.90. The summed E-state index contributed by atoms with van der Waals surface area (Å²) in [5.41, 5.74) is 7.73. The number of aryl methyl sites for hydroxylation is 1. The first-order chi connectivity index (χ1) is 7.74. The predicted molar refractivity (Wildman–Crippen MR) is 57.2 cm³/mol. The fourth-order valence-corrected chi connectivity index (χ4v) is 1.44. The molecule has 4 nitrogen and oxygen atoms in total. The number of nitrogens with zero attached hydrogens (tertiary/aromatic N) is 2. The zero-order valence-corrected chi connectivity index (χ0v) is 8.90. The second kappa shape index (κ2) is 4.40. The Bertz CT molecular complexity index is 496. The molecule has 1 heterocycles. The Morgan fingerprint density at radius 1 is 1.44 bits per heavy atom. The summed E-state index contributed by atoms with van der Waals surface area (Å²) in [6.07, 6.45) is 0. The van der Waals surface area contributed by atoms with E-state index in [9.17, 15) is 4.39 Å². The van der Waals surface area contributed by atoms with Gasteiger partial charge < -0.3 is 10.3 Å². The van der Waals surface area contributed by atoms with Gasteiger partial charge in [-0.15, -0.1) is 0 Å². The van der Waals surface area contributed by atoms with Crippen LogP contribution in [0.1, 0.15) is 17.0 Å². The Morgan fingerprint density at radius 2 is 2.25 bits per heavy atom. The Hall–Kier alpha value is -1.75. The lowest BCUT2D eigenvalue weighted by molar-refractivity contribution is 0.380. The lowest BCUT2D eigenvalue weighted by Crippen LogP contribution is -1.96. The molecule has 2 rings (SSSR count). The number of nitrogens with two attached hydrogens (primary N) is 1. The molecule has 5 heteroatoms. The van der Waals surface area contributed by atoms with E-state index in [2.05, 4.69) is 10.1 Å². The van der Waals surface area contributed by atoms with E-state index >= 15 is 0 Å². The summed E-state index contributed by atoms with van der Waals surface area (Å²) in [7, 11) is 0. The van der Waals surface area contributed by atoms with E-state index in [1.807, 2.05) is 13.0 Å². The van der Waals surface area contributed by atoms with Gasteiger partial charge in [0.15, 0.2) is 0 Å². The van der Waals surface area contributed by atoms with Crippen molar-refractivity contribution in [3.63, 3.8) is 0 Å². The Kier molecular flexibility index (Phi) is 2.96. The van der Waals surface area contributed by atoms with Gasteiger partial charge in [0.2, 0.25) is 11.7 Å². The molecular weight excluding hydrogens is 209 g/mol. The monoisotopic (exact) mass is 221 g/mol. The van der Waals surface area contributed by atoms with Crippen LogP contribution >= 0.6 is 0 Å². The molecule has 84 valence electrons. The minimum absolute atomic E-state index is 0.203. The first-order valence-corrected chi connectivity index (χ1v) is 4.93. The first kappa shape index (κ1) is 10.8. The van der Waals surface area contributed by atoms with E-state index in [1.165, 1.54) is 0 Å². The normalized spacial score (nSPS) is 10.7. The largest absolute Gasteiger partial charge is 0.338 e. The second-order valence-electron chi connectivity index (χ2n) is 3.50. The van der Waals surface area contributed by atoms with Crippen LogP contribution in [-0.2, 0) is 13.2 Å². The summed E-state index contributed by atoms with van der Waals surface area (Å²) in [6.45, 7) is 1.61. The number of hydrogen-bond donors (Lipinski definition) is 1. The number of rotatable bonds is 3. The van der Waals surface area contributed by atoms with Crippen molar-refractivity contribution >= 4 is 0 Å². The van der Waals surface area contributed by atoms with Gasteiger partial charge in [-0.3, -0.25) is 0 Å². The molecule has 0 aliphatic heterocycles. The van der Waals surface area contributed by atoms with Crippen LogP contribution in [0.3, 0.4) is 0 Å². The van der Waals surface area contributed by atoms with Crippen LogP contribution in [0.5, 0.6) is 0 Å². The van der Waals surface area contributed by atoms with Crippen LogP contribution in [-0.4, -0.2) is 10.1 Å². The average Bonchev–Trinajstić information content (AvgIpc) is 2.78. The summed E-state index contributed by atoms with van der Waals surface area (Å²) in [6, 6.07) is 5.30. The Balaban J connectivity index is 2.45. The zero-order chi connectivity index (χ0) is 11.5. The van der Waals surface area contributed by atoms with Crippen molar-refractivity contribution in [1.29, 1.82) is 0 Å². The van der Waals surface area contributed by atoms with Gasteiger partial charge >= 0.3 is 0 Å². The van der Waals surface area contributed by atoms with Gasteiger partial charge in [0.05, 0.1) is 6.54 Å². The molecule has 0 spiro atoms. The lowest BCUT2D eigenvalue weighted by Gasteiger charge is -2.02. The highest BCUT2D eigenvalue weighted by Gasteiger charge is 2.10. The summed E-state index contributed by atoms with van der Waals surface area (Å²) >= 11 is 0. The molecular formula is C11H12FN3O. The molecule has 0 saturated carbocycles. The predicted octanol–water partition coefficient (Wildman–Crippen LogP) is 1.97. The Morgan fingerprint density at radius 3 is 2.88 bits per heavy atom. The molecule has 0 amide bonds. The van der Waals surface area contributed by atoms with E-state index in [0.717, 1.165) is 11.1 Å². The summed E-state index contributed by atoms with van der Waals surface area (Å²) in [5.74, 6) is 0.827. The van der Waals surface area contributed by atoms with Crippen LogP contribution in [0.2, 0.25) is 0 Å². The topological polar surface area (TPSA) is 64.9 Å². The fraction of sp³-hybridized carbons (Fsp3) is 0.273. The van der Waals surface area contributed by atoms with Crippen LogP contribution in [0.4, 0.5) is 4.39 Å². The molecule has 16 heavy (non-hydrogen) atoms. The SMILES string of the molecule is Cc1ccc(CF)cc1-c1noc(CN)n1. The van der Waals surface area contributed by atoms with Crippen LogP contribution < -0.4 is 5.73 Å². The smallest absolute Gasteiger partial charge is 0.240 e. The van der Waals surface area contributed by atoms with Crippen molar-refractivity contribution in [2.45, 2.75) is 20.1 Å². The molecule has 2 aromatic rings. The number of hydrogen-bond acceptors (Lipinski definition) is 4. The third kappa shape index (κ3) is 1.94. The third-order valence-electron chi connectivity index (χ3n) is 2.34. The van der Waals surface area contributed by atoms with Gasteiger partial charge in [-0.2, -0.15) is 4.98 Å². The number of alkyl halides is 1. The van der Waals surface area contributed by atoms with E-state index < -0.39 is 6.67 Å². The van der Waals surface area contributed by atoms with Crippen molar-refractivity contribution in [3.8, 4) is 11.4 Å². The van der Waals surface area contributed by atoms with E-state index in [1.54, 1.807) is 12.1 Å². The summed E-state index contributed by atoms with van der Waals surface area (Å²) < 4.78 is 17.5. The van der Waals surface area contributed by atoms with Gasteiger partial charge in [0, 0.05) is 5.56 Å². The summed E-state index contributed by atoms with van der Waals surface area (Å²) in [5, 5.41) is 3.80. The molecule has 0 aliphatic carbocycles. The fourth-order valence-electron chi connectivity index (χ4n) is 1.44. The first-order valence-electron chi connectivity index (χ1n) is 4.93. The number of benzene rings is 1. The quantitative estimate of drug-likeness (QED) is 0.860. The maximum atomic E-state index is 12.5. The minimum atomic E-state index is -0.505. The minimum Gasteiger partial charge on any atom is -0.338 e. The lowest BCUT2D eigenvalue weighted by atomic mass is 10.1. The van der Waals surface area contributed by atoms with Crippen LogP contribution in [0.15, 0.2) is 22.7 Å². The molecule has 2 N–H and O–H groups in total. The Labute approximate surface area is 92.3 Å². The van der Waals surface area contributed by atoms with Gasteiger partial charge in [0.25, 0.3) is 0 Å². The van der Waals surface area contributed by atoms with Gasteiger partial charge in [-0.25, -0.2) is 4.39 Å². The average molecular weight is 221 g/mol. The van der Waals surface area contributed by atoms with Gasteiger partial charge in [0.1, 0.15) is 6.67 Å². The van der Waals surface area contributed by atoms with Crippen molar-refractivity contribution in [2.24, 2.45) is 5.73 Å². The van der Waals surface area contributed by atoms with Crippen molar-refractivity contribution < 1.29 is 8.91 Å². The van der Waals surface area contributed by atoms with E-state index in [0.29, 0.717) is 17.3 Å². The maximum Gasteiger partial charge on any atom is 0.240 e. The third-order valence-corrected chi connectivity index (χ3v) is 2.34. The molecule has 0 fully saturated rings. The molecule has 0 radical (unpaired) electrons. The molecule has 1 aromatic carbocycles. The van der Waals surface area contributed by atoms with E-state index in [-0.39, 0.29) is 6.54 Å². The van der Waals surface area contributed by atoms with Crippen molar-refractivity contribution in [2.75, 3.05) is 0 Å². The second-order valence-corrected chi connectivity index (χ2v) is 3.50. The van der Waals surface area contributed by atoms with Gasteiger partial charge in [-0.05, 0) is 24.1 Å². The van der Waals surface area contributed by atoms with Crippen molar-refractivity contribution in [3.05, 3.63) is 35.2 Å². The molecule has 0 atom stereocenters. The summed E-state index contributed by atoms with van der Waals surface area (Å²) in [4.78, 5) is 4.11. The van der Waals surface area contributed by atoms with Crippen LogP contribution in [0, 0.1) is 6.92 Å². The van der Waals surface area contributed by atoms with Gasteiger partial charge in [-0.1, -0.05) is 17.3 Å². The maximum absolute atomic E-state index is 12.5. The molecule has 0 saturated heterocycles. The highest BCUT2D eigenvalue weighted by atomic mass is 19.1. The van der Waals surface area contributed by atoms with Crippen LogP contribution in [0.25, 0.3) is 11.4 Å². The molecule has 0 aliphatic rings. The highest BCUT2D eigenvalue weighted by molar-refractivity contribution is 5.60. The number of halogens is 1. The molecule has 0 bridgehead atoms.